The molecule has 0 heterocycles. The number of nitrogen functional groups attached to an aromatic ring is 1. The molecule has 0 bridgehead atoms. The second kappa shape index (κ2) is 8.87. The van der Waals surface area contributed by atoms with E-state index >= 15 is 0 Å². The van der Waals surface area contributed by atoms with Gasteiger partial charge in [0.25, 0.3) is 0 Å². The molecule has 7 heteroatoms. The third-order valence-corrected chi connectivity index (χ3v) is 2.59. The summed E-state index contributed by atoms with van der Waals surface area (Å²) in [4.78, 5) is 23.0. The van der Waals surface area contributed by atoms with Gasteiger partial charge in [-0.25, -0.2) is 4.79 Å². The number of anilines is 1. The van der Waals surface area contributed by atoms with E-state index in [1.165, 1.54) is 0 Å². The van der Waals surface area contributed by atoms with Gasteiger partial charge >= 0.3 is 6.09 Å². The van der Waals surface area contributed by atoms with Crippen molar-refractivity contribution in [1.29, 1.82) is 0 Å². The van der Waals surface area contributed by atoms with Crippen LogP contribution in [0.2, 0.25) is 0 Å². The number of carbonyl (C=O) groups is 2. The van der Waals surface area contributed by atoms with E-state index in [9.17, 15) is 9.59 Å². The molecule has 7 nitrogen and oxygen atoms in total. The van der Waals surface area contributed by atoms with E-state index in [1.807, 2.05) is 0 Å². The zero-order chi connectivity index (χ0) is 17.3. The first-order valence-electron chi connectivity index (χ1n) is 7.48. The molecule has 0 spiro atoms. The van der Waals surface area contributed by atoms with Gasteiger partial charge in [0.2, 0.25) is 5.91 Å². The molecule has 1 aromatic carbocycles. The van der Waals surface area contributed by atoms with Gasteiger partial charge in [0.05, 0.1) is 13.0 Å². The maximum atomic E-state index is 11.6. The van der Waals surface area contributed by atoms with Gasteiger partial charge in [-0.15, -0.1) is 0 Å². The summed E-state index contributed by atoms with van der Waals surface area (Å²) in [7, 11) is 0. The van der Waals surface area contributed by atoms with Crippen molar-refractivity contribution in [2.45, 2.75) is 32.8 Å². The molecule has 128 valence electrons. The quantitative estimate of drug-likeness (QED) is 0.523. The van der Waals surface area contributed by atoms with Crippen LogP contribution in [0.15, 0.2) is 24.3 Å². The van der Waals surface area contributed by atoms with Gasteiger partial charge in [-0.3, -0.25) is 4.79 Å². The Kier molecular flexibility index (Phi) is 7.18. The van der Waals surface area contributed by atoms with Crippen LogP contribution in [0, 0.1) is 0 Å². The highest BCUT2D eigenvalue weighted by Crippen LogP contribution is 2.13. The van der Waals surface area contributed by atoms with Crippen LogP contribution in [0.25, 0.3) is 0 Å². The molecule has 0 aliphatic heterocycles. The minimum absolute atomic E-state index is 0.147. The summed E-state index contributed by atoms with van der Waals surface area (Å²) >= 11 is 0. The van der Waals surface area contributed by atoms with Crippen molar-refractivity contribution in [3.63, 3.8) is 0 Å². The van der Waals surface area contributed by atoms with E-state index in [2.05, 4.69) is 10.6 Å². The molecule has 0 saturated heterocycles. The number of ether oxygens (including phenoxy) is 2. The summed E-state index contributed by atoms with van der Waals surface area (Å²) in [6, 6.07) is 6.96. The highest BCUT2D eigenvalue weighted by molar-refractivity contribution is 5.76. The number of carbonyl (C=O) groups excluding carboxylic acids is 2. The Morgan fingerprint density at radius 1 is 1.09 bits per heavy atom. The fourth-order valence-corrected chi connectivity index (χ4v) is 1.59. The van der Waals surface area contributed by atoms with Crippen molar-refractivity contribution < 1.29 is 19.1 Å². The van der Waals surface area contributed by atoms with Crippen LogP contribution in [0.1, 0.15) is 27.2 Å². The Bertz CT molecular complexity index is 509. The molecular weight excluding hydrogens is 298 g/mol. The lowest BCUT2D eigenvalue weighted by Gasteiger charge is -2.19. The van der Waals surface area contributed by atoms with Gasteiger partial charge in [0.15, 0.2) is 0 Å². The lowest BCUT2D eigenvalue weighted by Crippen LogP contribution is -2.38. The van der Waals surface area contributed by atoms with Crippen LogP contribution >= 0.6 is 0 Å². The molecule has 2 amide bonds. The predicted molar refractivity (Wildman–Crippen MR) is 88.2 cm³/mol. The summed E-state index contributed by atoms with van der Waals surface area (Å²) in [6.45, 7) is 6.27. The van der Waals surface area contributed by atoms with Crippen molar-refractivity contribution in [1.82, 2.24) is 10.6 Å². The summed E-state index contributed by atoms with van der Waals surface area (Å²) in [5, 5.41) is 5.25. The van der Waals surface area contributed by atoms with Gasteiger partial charge in [0, 0.05) is 18.8 Å². The number of rotatable bonds is 7. The lowest BCUT2D eigenvalue weighted by atomic mass is 10.2. The molecular formula is C16H25N3O4. The first-order chi connectivity index (χ1) is 10.8. The van der Waals surface area contributed by atoms with E-state index < -0.39 is 11.7 Å². The first-order valence-corrected chi connectivity index (χ1v) is 7.48. The zero-order valence-corrected chi connectivity index (χ0v) is 13.8. The Morgan fingerprint density at radius 2 is 1.70 bits per heavy atom. The Labute approximate surface area is 136 Å². The Morgan fingerprint density at radius 3 is 2.30 bits per heavy atom. The first kappa shape index (κ1) is 18.6. The molecule has 0 atom stereocenters. The standard InChI is InChI=1S/C16H25N3O4/c1-16(2,3)23-15(21)19-10-9-18-14(20)8-11-22-13-6-4-12(17)5-7-13/h4-7H,8-11,17H2,1-3H3,(H,18,20)(H,19,21). The van der Waals surface area contributed by atoms with E-state index in [0.29, 0.717) is 24.5 Å². The van der Waals surface area contributed by atoms with Gasteiger partial charge in [-0.05, 0) is 45.0 Å². The van der Waals surface area contributed by atoms with Crippen LogP contribution in [0.4, 0.5) is 10.5 Å². The van der Waals surface area contributed by atoms with Gasteiger partial charge in [-0.2, -0.15) is 0 Å². The molecule has 0 aliphatic rings. The zero-order valence-electron chi connectivity index (χ0n) is 13.8. The molecule has 0 aromatic heterocycles. The average molecular weight is 323 g/mol. The number of benzene rings is 1. The van der Waals surface area contributed by atoms with Crippen molar-refractivity contribution in [2.24, 2.45) is 0 Å². The summed E-state index contributed by atoms with van der Waals surface area (Å²) < 4.78 is 10.5. The SMILES string of the molecule is CC(C)(C)OC(=O)NCCNC(=O)CCOc1ccc(N)cc1. The van der Waals surface area contributed by atoms with E-state index in [4.69, 9.17) is 15.2 Å². The van der Waals surface area contributed by atoms with Crippen LogP contribution in [-0.2, 0) is 9.53 Å². The van der Waals surface area contributed by atoms with Gasteiger partial charge in [0.1, 0.15) is 11.4 Å². The number of nitrogens with two attached hydrogens (primary N) is 1. The maximum Gasteiger partial charge on any atom is 0.407 e. The lowest BCUT2D eigenvalue weighted by molar-refractivity contribution is -0.121. The average Bonchev–Trinajstić information content (AvgIpc) is 2.44. The number of hydrogen-bond donors (Lipinski definition) is 3. The summed E-state index contributed by atoms with van der Waals surface area (Å²) in [5.41, 5.74) is 5.69. The van der Waals surface area contributed by atoms with E-state index in [-0.39, 0.29) is 18.9 Å². The van der Waals surface area contributed by atoms with Gasteiger partial charge < -0.3 is 25.8 Å². The molecule has 0 radical (unpaired) electrons. The number of amides is 2. The highest BCUT2D eigenvalue weighted by atomic mass is 16.6. The normalized spacial score (nSPS) is 10.7. The van der Waals surface area contributed by atoms with E-state index in [1.54, 1.807) is 45.0 Å². The third kappa shape index (κ3) is 9.23. The van der Waals surface area contributed by atoms with Crippen molar-refractivity contribution in [3.05, 3.63) is 24.3 Å². The largest absolute Gasteiger partial charge is 0.493 e. The molecule has 0 saturated carbocycles. The second-order valence-corrected chi connectivity index (χ2v) is 5.95. The molecule has 0 aliphatic carbocycles. The smallest absolute Gasteiger partial charge is 0.407 e. The predicted octanol–water partition coefficient (Wildman–Crippen LogP) is 1.68. The number of nitrogens with one attached hydrogen (secondary N) is 2. The molecule has 1 aromatic rings. The van der Waals surface area contributed by atoms with E-state index in [0.717, 1.165) is 0 Å². The minimum Gasteiger partial charge on any atom is -0.493 e. The van der Waals surface area contributed by atoms with Crippen LogP contribution < -0.4 is 21.1 Å². The van der Waals surface area contributed by atoms with Crippen LogP contribution in [0.5, 0.6) is 5.75 Å². The molecule has 4 N–H and O–H groups in total. The summed E-state index contributed by atoms with van der Waals surface area (Å²) in [5.74, 6) is 0.519. The number of hydrogen-bond acceptors (Lipinski definition) is 5. The van der Waals surface area contributed by atoms with Crippen LogP contribution in [-0.4, -0.2) is 37.3 Å². The minimum atomic E-state index is -0.535. The molecule has 1 rings (SSSR count). The van der Waals surface area contributed by atoms with Crippen molar-refractivity contribution in [2.75, 3.05) is 25.4 Å². The fourth-order valence-electron chi connectivity index (χ4n) is 1.59. The summed E-state index contributed by atoms with van der Waals surface area (Å²) in [6.07, 6.45) is -0.269. The maximum absolute atomic E-state index is 11.6. The Hall–Kier alpha value is -2.44. The van der Waals surface area contributed by atoms with Crippen molar-refractivity contribution >= 4 is 17.7 Å². The van der Waals surface area contributed by atoms with Gasteiger partial charge in [-0.1, -0.05) is 0 Å². The third-order valence-electron chi connectivity index (χ3n) is 2.59. The monoisotopic (exact) mass is 323 g/mol. The molecule has 23 heavy (non-hydrogen) atoms. The second-order valence-electron chi connectivity index (χ2n) is 5.95. The van der Waals surface area contributed by atoms with Crippen molar-refractivity contribution in [3.8, 4) is 5.75 Å². The Balaban J connectivity index is 2.08. The fraction of sp³-hybridized carbons (Fsp3) is 0.500. The molecule has 0 fully saturated rings. The topological polar surface area (TPSA) is 103 Å². The number of alkyl carbamates (subject to hydrolysis) is 1. The van der Waals surface area contributed by atoms with Crippen LogP contribution in [0.3, 0.4) is 0 Å². The molecule has 0 unspecified atom stereocenters. The highest BCUT2D eigenvalue weighted by Gasteiger charge is 2.15.